The predicted molar refractivity (Wildman–Crippen MR) is 149 cm³/mol. The number of ether oxygens (including phenoxy) is 1. The second kappa shape index (κ2) is 11.4. The summed E-state index contributed by atoms with van der Waals surface area (Å²) < 4.78 is 20.3. The number of aliphatic hydroxyl groups excluding tert-OH is 1. The van der Waals surface area contributed by atoms with Crippen molar-refractivity contribution in [3.63, 3.8) is 0 Å². The Morgan fingerprint density at radius 2 is 1.98 bits per heavy atom. The maximum atomic E-state index is 14.4. The highest BCUT2D eigenvalue weighted by molar-refractivity contribution is 6.30. The van der Waals surface area contributed by atoms with Gasteiger partial charge >= 0.3 is 6.03 Å². The lowest BCUT2D eigenvalue weighted by atomic mass is 9.75. The number of likely N-dealkylation sites (tertiary alicyclic amines) is 1. The zero-order valence-corrected chi connectivity index (χ0v) is 23.4. The highest BCUT2D eigenvalue weighted by atomic mass is 35.5. The number of nitrogens with zero attached hydrogens (tertiary/aromatic N) is 5. The summed E-state index contributed by atoms with van der Waals surface area (Å²) in [5.41, 5.74) is 1.23. The fraction of sp³-hybridized carbons (Fsp3) is 0.333. The molecule has 3 aromatic rings. The van der Waals surface area contributed by atoms with E-state index in [0.717, 1.165) is 5.56 Å². The van der Waals surface area contributed by atoms with E-state index in [1.807, 2.05) is 6.07 Å². The number of hydrogen-bond acceptors (Lipinski definition) is 6. The van der Waals surface area contributed by atoms with Gasteiger partial charge in [0, 0.05) is 55.8 Å². The Kier molecular flexibility index (Phi) is 7.95. The molecule has 212 valence electrons. The second-order valence-electron chi connectivity index (χ2n) is 10.4. The predicted octanol–water partition coefficient (Wildman–Crippen LogP) is 4.25. The van der Waals surface area contributed by atoms with Crippen molar-refractivity contribution >= 4 is 23.5 Å². The molecule has 0 spiro atoms. The number of carbonyl (C=O) groups excluding carboxylic acids is 2. The van der Waals surface area contributed by atoms with Crippen molar-refractivity contribution in [1.82, 2.24) is 19.7 Å². The van der Waals surface area contributed by atoms with Crippen molar-refractivity contribution in [1.29, 1.82) is 5.26 Å². The summed E-state index contributed by atoms with van der Waals surface area (Å²) >= 11 is 6.12. The molecular weight excluding hydrogens is 549 g/mol. The van der Waals surface area contributed by atoms with Crippen LogP contribution in [0.4, 0.5) is 9.18 Å². The van der Waals surface area contributed by atoms with E-state index in [9.17, 15) is 24.3 Å². The van der Waals surface area contributed by atoms with Crippen molar-refractivity contribution in [2.75, 3.05) is 40.7 Å². The fourth-order valence-electron chi connectivity index (χ4n) is 5.86. The summed E-state index contributed by atoms with van der Waals surface area (Å²) in [6.07, 6.45) is 1.40. The van der Waals surface area contributed by atoms with E-state index in [1.54, 1.807) is 73.6 Å². The Labute approximate surface area is 242 Å². The number of carbonyl (C=O) groups is 2. The molecule has 11 heteroatoms. The zero-order valence-electron chi connectivity index (χ0n) is 22.6. The Bertz CT molecular complexity index is 1490. The SMILES string of the molecule is CN(C)C(=O)N1CC(C(CO)[C@@]2(OCF)c3cccc(-c4ccc(Cl)cc4)c3C(=O)N2Cc2ccc(C#N)cn2)C1. The summed E-state index contributed by atoms with van der Waals surface area (Å²) in [4.78, 5) is 35.7. The van der Waals surface area contributed by atoms with E-state index in [4.69, 9.17) is 16.3 Å². The number of aromatic nitrogens is 1. The number of hydrogen-bond donors (Lipinski definition) is 1. The van der Waals surface area contributed by atoms with Gasteiger partial charge in [-0.25, -0.2) is 9.18 Å². The number of benzene rings is 2. The van der Waals surface area contributed by atoms with E-state index in [1.165, 1.54) is 16.0 Å². The van der Waals surface area contributed by atoms with E-state index >= 15 is 0 Å². The molecular formula is C30H29ClFN5O4. The highest BCUT2D eigenvalue weighted by Crippen LogP contribution is 2.52. The van der Waals surface area contributed by atoms with Crippen LogP contribution in [0.2, 0.25) is 5.02 Å². The van der Waals surface area contributed by atoms with Crippen LogP contribution < -0.4 is 0 Å². The minimum absolute atomic E-state index is 0.0666. The summed E-state index contributed by atoms with van der Waals surface area (Å²) in [7, 11) is 3.31. The second-order valence-corrected chi connectivity index (χ2v) is 10.8. The standard InChI is InChI=1S/C30H29ClFN5O4/c1-35(2)29(40)36-14-21(15-36)26(17-38)30(41-18-32)25-5-3-4-24(20-7-9-22(31)10-8-20)27(25)28(39)37(30)16-23-11-6-19(12-33)13-34-23/h3-11,13,21,26,38H,14-18H2,1-2H3/t26?,30-/m0/s1. The number of aliphatic hydroxyl groups is 1. The monoisotopic (exact) mass is 577 g/mol. The third-order valence-corrected chi connectivity index (χ3v) is 8.10. The molecule has 3 amide bonds. The summed E-state index contributed by atoms with van der Waals surface area (Å²) in [6.45, 7) is -1.10. The first-order valence-corrected chi connectivity index (χ1v) is 13.5. The number of urea groups is 1. The van der Waals surface area contributed by atoms with E-state index in [-0.39, 0.29) is 18.5 Å². The first-order chi connectivity index (χ1) is 19.7. The van der Waals surface area contributed by atoms with Gasteiger partial charge in [0.1, 0.15) is 6.07 Å². The lowest BCUT2D eigenvalue weighted by Gasteiger charge is -2.51. The van der Waals surface area contributed by atoms with Crippen LogP contribution in [0.1, 0.15) is 27.2 Å². The van der Waals surface area contributed by atoms with Crippen LogP contribution in [-0.2, 0) is 17.0 Å². The molecule has 3 heterocycles. The van der Waals surface area contributed by atoms with Crippen LogP contribution in [-0.4, -0.2) is 77.4 Å². The van der Waals surface area contributed by atoms with Gasteiger partial charge in [-0.1, -0.05) is 41.9 Å². The third kappa shape index (κ3) is 4.90. The Hall–Kier alpha value is -4.04. The van der Waals surface area contributed by atoms with Crippen LogP contribution in [0.3, 0.4) is 0 Å². The van der Waals surface area contributed by atoms with Gasteiger partial charge in [-0.3, -0.25) is 14.7 Å². The lowest BCUT2D eigenvalue weighted by Crippen LogP contribution is -2.62. The van der Waals surface area contributed by atoms with E-state index in [2.05, 4.69) is 4.98 Å². The largest absolute Gasteiger partial charge is 0.396 e. The Morgan fingerprint density at radius 3 is 2.56 bits per heavy atom. The molecule has 0 radical (unpaired) electrons. The molecule has 2 aromatic carbocycles. The number of halogens is 2. The maximum absolute atomic E-state index is 14.4. The van der Waals surface area contributed by atoms with Gasteiger partial charge in [0.25, 0.3) is 5.91 Å². The van der Waals surface area contributed by atoms with Gasteiger partial charge in [0.2, 0.25) is 0 Å². The van der Waals surface area contributed by atoms with Gasteiger partial charge in [-0.15, -0.1) is 0 Å². The molecule has 1 aromatic heterocycles. The van der Waals surface area contributed by atoms with Crippen LogP contribution in [0, 0.1) is 23.2 Å². The van der Waals surface area contributed by atoms with Crippen molar-refractivity contribution in [2.24, 2.45) is 11.8 Å². The number of alkyl halides is 1. The molecule has 2 aliphatic heterocycles. The summed E-state index contributed by atoms with van der Waals surface area (Å²) in [5, 5.41) is 20.5. The first-order valence-electron chi connectivity index (χ1n) is 13.1. The molecule has 1 saturated heterocycles. The van der Waals surface area contributed by atoms with Crippen molar-refractivity contribution in [3.05, 3.63) is 88.2 Å². The fourth-order valence-corrected chi connectivity index (χ4v) is 5.99. The number of fused-ring (bicyclic) bond motifs is 1. The highest BCUT2D eigenvalue weighted by Gasteiger charge is 2.60. The van der Waals surface area contributed by atoms with Crippen LogP contribution in [0.25, 0.3) is 11.1 Å². The zero-order chi connectivity index (χ0) is 29.3. The number of nitriles is 1. The Balaban J connectivity index is 1.65. The number of pyridine rings is 1. The average Bonchev–Trinajstić information content (AvgIpc) is 3.18. The minimum atomic E-state index is -1.69. The Morgan fingerprint density at radius 1 is 1.24 bits per heavy atom. The molecule has 0 saturated carbocycles. The molecule has 9 nitrogen and oxygen atoms in total. The normalized spacial score (nSPS) is 19.0. The minimum Gasteiger partial charge on any atom is -0.396 e. The summed E-state index contributed by atoms with van der Waals surface area (Å²) in [6, 6.07) is 17.4. The third-order valence-electron chi connectivity index (χ3n) is 7.85. The van der Waals surface area contributed by atoms with E-state index in [0.29, 0.717) is 46.1 Å². The van der Waals surface area contributed by atoms with Crippen molar-refractivity contribution in [3.8, 4) is 17.2 Å². The molecule has 1 fully saturated rings. The van der Waals surface area contributed by atoms with E-state index < -0.39 is 31.0 Å². The molecule has 41 heavy (non-hydrogen) atoms. The van der Waals surface area contributed by atoms with Gasteiger partial charge < -0.3 is 19.6 Å². The number of rotatable bonds is 8. The summed E-state index contributed by atoms with van der Waals surface area (Å²) in [5.74, 6) is -1.47. The van der Waals surface area contributed by atoms with Crippen LogP contribution in [0.5, 0.6) is 0 Å². The van der Waals surface area contributed by atoms with Crippen LogP contribution >= 0.6 is 11.6 Å². The first kappa shape index (κ1) is 28.5. The molecule has 1 N–H and O–H groups in total. The van der Waals surface area contributed by atoms with Gasteiger partial charge in [-0.2, -0.15) is 5.26 Å². The quantitative estimate of drug-likeness (QED) is 0.429. The van der Waals surface area contributed by atoms with Crippen LogP contribution in [0.15, 0.2) is 60.8 Å². The molecule has 2 aliphatic rings. The van der Waals surface area contributed by atoms with Gasteiger partial charge in [0.15, 0.2) is 12.6 Å². The molecule has 0 aliphatic carbocycles. The smallest absolute Gasteiger partial charge is 0.319 e. The van der Waals surface area contributed by atoms with Gasteiger partial charge in [0.05, 0.1) is 30.0 Å². The molecule has 5 rings (SSSR count). The molecule has 0 bridgehead atoms. The number of amides is 3. The van der Waals surface area contributed by atoms with Crippen molar-refractivity contribution in [2.45, 2.75) is 12.3 Å². The maximum Gasteiger partial charge on any atom is 0.319 e. The topological polar surface area (TPSA) is 110 Å². The molecule has 1 unspecified atom stereocenters. The van der Waals surface area contributed by atoms with Crippen molar-refractivity contribution < 1.29 is 23.8 Å². The average molecular weight is 578 g/mol. The molecule has 2 atom stereocenters. The lowest BCUT2D eigenvalue weighted by molar-refractivity contribution is -0.225. The van der Waals surface area contributed by atoms with Gasteiger partial charge in [-0.05, 0) is 35.4 Å².